The Kier molecular flexibility index (Phi) is 5.94. The summed E-state index contributed by atoms with van der Waals surface area (Å²) in [5.41, 5.74) is 4.45. The van der Waals surface area contributed by atoms with E-state index < -0.39 is 0 Å². The second kappa shape index (κ2) is 9.69. The molecule has 6 rings (SSSR count). The third kappa shape index (κ3) is 4.84. The third-order valence-electron chi connectivity index (χ3n) is 6.30. The van der Waals surface area contributed by atoms with Gasteiger partial charge in [0, 0.05) is 23.0 Å². The van der Waals surface area contributed by atoms with Crippen LogP contribution in [0.2, 0.25) is 0 Å². The van der Waals surface area contributed by atoms with Gasteiger partial charge in [0.25, 0.3) is 5.91 Å². The van der Waals surface area contributed by atoms with Crippen LogP contribution in [0.5, 0.6) is 5.75 Å². The van der Waals surface area contributed by atoms with E-state index in [0.717, 1.165) is 29.5 Å². The van der Waals surface area contributed by atoms with Crippen LogP contribution in [0.25, 0.3) is 22.6 Å². The van der Waals surface area contributed by atoms with E-state index in [1.807, 2.05) is 83.5 Å². The normalized spacial score (nSPS) is 12.9. The number of amides is 1. The minimum atomic E-state index is -0.254. The van der Waals surface area contributed by atoms with Crippen LogP contribution in [0, 0.1) is 0 Å². The number of aromatic nitrogens is 6. The number of hydrogen-bond acceptors (Lipinski definition) is 6. The molecule has 0 bridgehead atoms. The highest BCUT2D eigenvalue weighted by atomic mass is 16.5. The highest BCUT2D eigenvalue weighted by Gasteiger charge is 2.28. The van der Waals surface area contributed by atoms with E-state index in [1.165, 1.54) is 0 Å². The van der Waals surface area contributed by atoms with E-state index in [-0.39, 0.29) is 5.91 Å². The molecule has 184 valence electrons. The molecule has 2 heterocycles. The van der Waals surface area contributed by atoms with E-state index >= 15 is 0 Å². The number of benzene rings is 3. The van der Waals surface area contributed by atoms with Crippen molar-refractivity contribution in [2.24, 2.45) is 0 Å². The fourth-order valence-electron chi connectivity index (χ4n) is 4.31. The Bertz CT molecular complexity index is 1550. The van der Waals surface area contributed by atoms with Gasteiger partial charge in [0.05, 0.1) is 25.3 Å². The molecule has 2 aromatic heterocycles. The van der Waals surface area contributed by atoms with Crippen molar-refractivity contribution in [3.8, 4) is 28.4 Å². The Morgan fingerprint density at radius 3 is 2.62 bits per heavy atom. The van der Waals surface area contributed by atoms with Crippen LogP contribution in [0.3, 0.4) is 0 Å². The maximum Gasteiger partial charge on any atom is 0.259 e. The molecule has 0 atom stereocenters. The Balaban J connectivity index is 1.32. The number of hydrogen-bond donors (Lipinski definition) is 1. The third-order valence-corrected chi connectivity index (χ3v) is 6.30. The zero-order valence-corrected chi connectivity index (χ0v) is 20.3. The maximum absolute atomic E-state index is 13.6. The van der Waals surface area contributed by atoms with Crippen molar-refractivity contribution < 1.29 is 9.53 Å². The molecule has 1 aliphatic carbocycles. The molecule has 1 fully saturated rings. The largest absolute Gasteiger partial charge is 0.497 e. The maximum atomic E-state index is 13.6. The molecule has 1 aliphatic rings. The second-order valence-electron chi connectivity index (χ2n) is 9.02. The zero-order valence-electron chi connectivity index (χ0n) is 20.3. The monoisotopic (exact) mass is 491 g/mol. The lowest BCUT2D eigenvalue weighted by atomic mass is 10.1. The fraction of sp³-hybridized carbons (Fsp3) is 0.179. The Morgan fingerprint density at radius 1 is 1.00 bits per heavy atom. The van der Waals surface area contributed by atoms with E-state index in [9.17, 15) is 4.79 Å². The fourth-order valence-corrected chi connectivity index (χ4v) is 4.31. The van der Waals surface area contributed by atoms with Crippen LogP contribution < -0.4 is 10.1 Å². The average Bonchev–Trinajstić information content (AvgIpc) is 3.50. The summed E-state index contributed by atoms with van der Waals surface area (Å²) in [6, 6.07) is 25.5. The summed E-state index contributed by atoms with van der Waals surface area (Å²) in [4.78, 5) is 13.6. The number of rotatable bonds is 8. The van der Waals surface area contributed by atoms with Crippen LogP contribution in [0.15, 0.2) is 85.1 Å². The smallest absolute Gasteiger partial charge is 0.259 e. The van der Waals surface area contributed by atoms with Gasteiger partial charge in [-0.1, -0.05) is 54.6 Å². The first-order chi connectivity index (χ1) is 18.2. The molecule has 1 saturated carbocycles. The molecule has 0 saturated heterocycles. The van der Waals surface area contributed by atoms with Crippen LogP contribution in [0.4, 0.5) is 5.69 Å². The molecule has 0 radical (unpaired) electrons. The summed E-state index contributed by atoms with van der Waals surface area (Å²) < 4.78 is 9.05. The molecule has 3 aromatic carbocycles. The lowest BCUT2D eigenvalue weighted by Gasteiger charge is -2.08. The van der Waals surface area contributed by atoms with Gasteiger partial charge < -0.3 is 10.1 Å². The summed E-state index contributed by atoms with van der Waals surface area (Å²) in [7, 11) is 1.62. The van der Waals surface area contributed by atoms with Gasteiger partial charge in [-0.2, -0.15) is 5.10 Å². The average molecular weight is 492 g/mol. The molecule has 5 aromatic rings. The van der Waals surface area contributed by atoms with E-state index in [1.54, 1.807) is 18.0 Å². The van der Waals surface area contributed by atoms with Crippen LogP contribution >= 0.6 is 0 Å². The highest BCUT2D eigenvalue weighted by molar-refractivity contribution is 6.08. The molecular formula is C28H25N7O2. The number of anilines is 1. The summed E-state index contributed by atoms with van der Waals surface area (Å²) in [6.07, 6.45) is 3.94. The van der Waals surface area contributed by atoms with Crippen molar-refractivity contribution >= 4 is 11.6 Å². The molecule has 0 aliphatic heterocycles. The predicted molar refractivity (Wildman–Crippen MR) is 139 cm³/mol. The molecule has 1 N–H and O–H groups in total. The van der Waals surface area contributed by atoms with Crippen molar-refractivity contribution in [1.29, 1.82) is 0 Å². The number of nitrogens with zero attached hydrogens (tertiary/aromatic N) is 6. The van der Waals surface area contributed by atoms with E-state index in [0.29, 0.717) is 41.1 Å². The molecular weight excluding hydrogens is 466 g/mol. The van der Waals surface area contributed by atoms with Gasteiger partial charge in [0.2, 0.25) is 0 Å². The van der Waals surface area contributed by atoms with E-state index in [4.69, 9.17) is 9.84 Å². The number of ether oxygens (including phenoxy) is 1. The number of methoxy groups -OCH3 is 1. The first-order valence-electron chi connectivity index (χ1n) is 12.1. The SMILES string of the molecule is COc1cccc(-c2nn(Cc3ccccc3)cc2C(=O)Nc2cccc(-c3nnnn3C3CC3)c2)c1. The van der Waals surface area contributed by atoms with Gasteiger partial charge in [0.1, 0.15) is 11.4 Å². The summed E-state index contributed by atoms with van der Waals surface area (Å²) in [5.74, 6) is 1.14. The van der Waals surface area contributed by atoms with Gasteiger partial charge in [-0.15, -0.1) is 5.10 Å². The minimum absolute atomic E-state index is 0.254. The Morgan fingerprint density at radius 2 is 1.81 bits per heavy atom. The molecule has 37 heavy (non-hydrogen) atoms. The zero-order chi connectivity index (χ0) is 25.2. The molecule has 9 heteroatoms. The molecule has 0 unspecified atom stereocenters. The summed E-state index contributed by atoms with van der Waals surface area (Å²) >= 11 is 0. The van der Waals surface area contributed by atoms with Gasteiger partial charge in [-0.05, 0) is 53.1 Å². The van der Waals surface area contributed by atoms with Crippen molar-refractivity contribution in [2.45, 2.75) is 25.4 Å². The van der Waals surface area contributed by atoms with Crippen molar-refractivity contribution in [3.05, 3.63) is 96.2 Å². The first kappa shape index (κ1) is 22.7. The van der Waals surface area contributed by atoms with Crippen molar-refractivity contribution in [1.82, 2.24) is 30.0 Å². The lowest BCUT2D eigenvalue weighted by molar-refractivity contribution is 0.102. The number of tetrazole rings is 1. The molecule has 9 nitrogen and oxygen atoms in total. The van der Waals surface area contributed by atoms with Crippen LogP contribution in [-0.2, 0) is 6.54 Å². The second-order valence-corrected chi connectivity index (χ2v) is 9.02. The van der Waals surface area contributed by atoms with Crippen molar-refractivity contribution in [3.63, 3.8) is 0 Å². The number of carbonyl (C=O) groups is 1. The quantitative estimate of drug-likeness (QED) is 0.333. The summed E-state index contributed by atoms with van der Waals surface area (Å²) in [6.45, 7) is 0.546. The number of carbonyl (C=O) groups excluding carboxylic acids is 1. The van der Waals surface area contributed by atoms with Gasteiger partial charge in [0.15, 0.2) is 5.82 Å². The minimum Gasteiger partial charge on any atom is -0.497 e. The van der Waals surface area contributed by atoms with Crippen molar-refractivity contribution in [2.75, 3.05) is 12.4 Å². The lowest BCUT2D eigenvalue weighted by Crippen LogP contribution is -2.12. The number of nitrogens with one attached hydrogen (secondary N) is 1. The van der Waals surface area contributed by atoms with Gasteiger partial charge in [-0.3, -0.25) is 9.48 Å². The Labute approximate surface area is 213 Å². The Hall–Kier alpha value is -4.79. The topological polar surface area (TPSA) is 99.8 Å². The predicted octanol–water partition coefficient (Wildman–Crippen LogP) is 4.85. The summed E-state index contributed by atoms with van der Waals surface area (Å²) in [5, 5.41) is 20.0. The van der Waals surface area contributed by atoms with Gasteiger partial charge in [-0.25, -0.2) is 4.68 Å². The molecule has 0 spiro atoms. The highest BCUT2D eigenvalue weighted by Crippen LogP contribution is 2.37. The van der Waals surface area contributed by atoms with Gasteiger partial charge >= 0.3 is 0 Å². The van der Waals surface area contributed by atoms with E-state index in [2.05, 4.69) is 20.8 Å². The standard InChI is InChI=1S/C28H25N7O2/c1-37-24-12-6-9-20(16-24)26-25(18-34(31-26)17-19-7-3-2-4-8-19)28(36)29-22-11-5-10-21(15-22)27-30-32-33-35(27)23-13-14-23/h2-12,15-16,18,23H,13-14,17H2,1H3,(H,29,36). The molecule has 1 amide bonds. The van der Waals surface area contributed by atoms with Crippen LogP contribution in [0.1, 0.15) is 34.8 Å². The first-order valence-corrected chi connectivity index (χ1v) is 12.1. The van der Waals surface area contributed by atoms with Crippen LogP contribution in [-0.4, -0.2) is 43.0 Å².